The number of nitrogens with one attached hydrogen (secondary N) is 3. The highest BCUT2D eigenvalue weighted by Crippen LogP contribution is 2.04. The standard InChI is InChI=1S/C17H31N7O7/c1-8(18)13(27)23-10(4-3-7-21-17(19)20)15(29)24-11(5-6-12(25)26)14(28)22-9(2)16(30)31/h8-11H,3-7,18H2,1-2H3,(H,22,28)(H,23,27)(H,24,29)(H,25,26)(H,30,31)(H4,19,20,21). The molecule has 11 N–H and O–H groups in total. The molecule has 14 heteroatoms. The van der Waals surface area contributed by atoms with Crippen LogP contribution in [0.3, 0.4) is 0 Å². The van der Waals surface area contributed by atoms with Crippen molar-refractivity contribution in [2.45, 2.75) is 63.7 Å². The first-order valence-corrected chi connectivity index (χ1v) is 9.51. The molecule has 0 aliphatic heterocycles. The largest absolute Gasteiger partial charge is 0.481 e. The van der Waals surface area contributed by atoms with Crippen LogP contribution in [0.2, 0.25) is 0 Å². The van der Waals surface area contributed by atoms with E-state index in [0.717, 1.165) is 0 Å². The molecule has 176 valence electrons. The summed E-state index contributed by atoms with van der Waals surface area (Å²) in [5.41, 5.74) is 16.0. The number of nitrogens with two attached hydrogens (primary N) is 3. The maximum Gasteiger partial charge on any atom is 0.325 e. The number of carbonyl (C=O) groups excluding carboxylic acids is 3. The van der Waals surface area contributed by atoms with Crippen molar-refractivity contribution in [1.82, 2.24) is 16.0 Å². The molecule has 0 aliphatic carbocycles. The lowest BCUT2D eigenvalue weighted by molar-refractivity contribution is -0.142. The first-order valence-electron chi connectivity index (χ1n) is 9.51. The summed E-state index contributed by atoms with van der Waals surface area (Å²) in [7, 11) is 0. The lowest BCUT2D eigenvalue weighted by Gasteiger charge is -2.24. The van der Waals surface area contributed by atoms with Crippen LogP contribution in [0.15, 0.2) is 4.99 Å². The third-order valence-corrected chi connectivity index (χ3v) is 4.00. The van der Waals surface area contributed by atoms with Gasteiger partial charge in [-0.15, -0.1) is 0 Å². The van der Waals surface area contributed by atoms with E-state index in [0.29, 0.717) is 6.42 Å². The zero-order chi connectivity index (χ0) is 24.1. The summed E-state index contributed by atoms with van der Waals surface area (Å²) < 4.78 is 0. The molecule has 4 atom stereocenters. The predicted octanol–water partition coefficient (Wildman–Crippen LogP) is -3.19. The molecule has 0 aromatic heterocycles. The molecule has 0 aromatic rings. The summed E-state index contributed by atoms with van der Waals surface area (Å²) in [4.78, 5) is 62.6. The molecule has 0 saturated carbocycles. The van der Waals surface area contributed by atoms with Crippen LogP contribution in [-0.4, -0.2) is 76.5 Å². The monoisotopic (exact) mass is 445 g/mol. The van der Waals surface area contributed by atoms with Gasteiger partial charge < -0.3 is 43.4 Å². The molecule has 0 heterocycles. The Morgan fingerprint density at radius 1 is 0.871 bits per heavy atom. The van der Waals surface area contributed by atoms with Crippen molar-refractivity contribution < 1.29 is 34.2 Å². The van der Waals surface area contributed by atoms with Crippen LogP contribution in [-0.2, 0) is 24.0 Å². The average molecular weight is 445 g/mol. The number of carboxylic acid groups (broad SMARTS) is 2. The van der Waals surface area contributed by atoms with E-state index in [-0.39, 0.29) is 25.3 Å². The van der Waals surface area contributed by atoms with Crippen molar-refractivity contribution >= 4 is 35.6 Å². The fourth-order valence-electron chi connectivity index (χ4n) is 2.26. The highest BCUT2D eigenvalue weighted by atomic mass is 16.4. The molecule has 3 amide bonds. The smallest absolute Gasteiger partial charge is 0.325 e. The van der Waals surface area contributed by atoms with Gasteiger partial charge >= 0.3 is 11.9 Å². The van der Waals surface area contributed by atoms with Gasteiger partial charge in [-0.05, 0) is 33.1 Å². The molecule has 0 radical (unpaired) electrons. The van der Waals surface area contributed by atoms with E-state index in [9.17, 15) is 24.0 Å². The highest BCUT2D eigenvalue weighted by Gasteiger charge is 2.29. The number of amides is 3. The minimum atomic E-state index is -1.34. The molecule has 0 fully saturated rings. The number of rotatable bonds is 14. The summed E-state index contributed by atoms with van der Waals surface area (Å²) in [5.74, 6) is -4.92. The second-order valence-electron chi connectivity index (χ2n) is 6.86. The summed E-state index contributed by atoms with van der Waals surface area (Å²) in [6.07, 6.45) is -0.348. The van der Waals surface area contributed by atoms with Crippen molar-refractivity contribution in [2.24, 2.45) is 22.2 Å². The molecular formula is C17H31N7O7. The van der Waals surface area contributed by atoms with Crippen LogP contribution < -0.4 is 33.2 Å². The second-order valence-corrected chi connectivity index (χ2v) is 6.86. The molecule has 4 unspecified atom stereocenters. The highest BCUT2D eigenvalue weighted by molar-refractivity contribution is 5.94. The fraction of sp³-hybridized carbons (Fsp3) is 0.647. The Labute approximate surface area is 179 Å². The normalized spacial score (nSPS) is 14.3. The van der Waals surface area contributed by atoms with Crippen molar-refractivity contribution in [3.63, 3.8) is 0 Å². The number of carbonyl (C=O) groups is 5. The number of aliphatic carboxylic acids is 2. The summed E-state index contributed by atoms with van der Waals surface area (Å²) >= 11 is 0. The molecule has 0 rings (SSSR count). The quantitative estimate of drug-likeness (QED) is 0.0755. The Bertz CT molecular complexity index is 692. The number of carboxylic acids is 2. The summed E-state index contributed by atoms with van der Waals surface area (Å²) in [6, 6.07) is -4.61. The lowest BCUT2D eigenvalue weighted by atomic mass is 10.1. The van der Waals surface area contributed by atoms with Gasteiger partial charge in [0.05, 0.1) is 6.04 Å². The van der Waals surface area contributed by atoms with Crippen LogP contribution in [0.1, 0.15) is 39.5 Å². The second kappa shape index (κ2) is 13.7. The fourth-order valence-corrected chi connectivity index (χ4v) is 2.26. The third-order valence-electron chi connectivity index (χ3n) is 4.00. The Balaban J connectivity index is 5.36. The first kappa shape index (κ1) is 27.6. The maximum atomic E-state index is 12.7. The minimum Gasteiger partial charge on any atom is -0.481 e. The van der Waals surface area contributed by atoms with Gasteiger partial charge in [0, 0.05) is 13.0 Å². The maximum absolute atomic E-state index is 12.7. The van der Waals surface area contributed by atoms with Gasteiger partial charge in [-0.25, -0.2) is 0 Å². The van der Waals surface area contributed by atoms with Gasteiger partial charge in [0.25, 0.3) is 0 Å². The molecule has 0 bridgehead atoms. The van der Waals surface area contributed by atoms with Crippen molar-refractivity contribution in [3.8, 4) is 0 Å². The van der Waals surface area contributed by atoms with E-state index in [1.807, 2.05) is 0 Å². The van der Waals surface area contributed by atoms with Gasteiger partial charge in [-0.2, -0.15) is 0 Å². The molecule has 0 aliphatic rings. The number of aliphatic imine (C=N–C) groups is 1. The third kappa shape index (κ3) is 12.0. The summed E-state index contributed by atoms with van der Waals surface area (Å²) in [6.45, 7) is 2.81. The van der Waals surface area contributed by atoms with Gasteiger partial charge in [0.15, 0.2) is 5.96 Å². The zero-order valence-electron chi connectivity index (χ0n) is 17.5. The van der Waals surface area contributed by atoms with Crippen molar-refractivity contribution in [2.75, 3.05) is 6.54 Å². The van der Waals surface area contributed by atoms with E-state index < -0.39 is 60.2 Å². The van der Waals surface area contributed by atoms with Crippen LogP contribution in [0.25, 0.3) is 0 Å². The predicted molar refractivity (Wildman–Crippen MR) is 110 cm³/mol. The van der Waals surface area contributed by atoms with E-state index in [1.54, 1.807) is 0 Å². The molecule has 31 heavy (non-hydrogen) atoms. The van der Waals surface area contributed by atoms with E-state index in [1.165, 1.54) is 13.8 Å². The average Bonchev–Trinajstić information content (AvgIpc) is 2.66. The van der Waals surface area contributed by atoms with Crippen LogP contribution in [0, 0.1) is 0 Å². The molecular weight excluding hydrogens is 414 g/mol. The number of hydrogen-bond acceptors (Lipinski definition) is 7. The topological polar surface area (TPSA) is 252 Å². The van der Waals surface area contributed by atoms with Crippen LogP contribution >= 0.6 is 0 Å². The van der Waals surface area contributed by atoms with Gasteiger partial charge in [0.2, 0.25) is 17.7 Å². The lowest BCUT2D eigenvalue weighted by Crippen LogP contribution is -2.56. The molecule has 0 spiro atoms. The molecule has 0 saturated heterocycles. The van der Waals surface area contributed by atoms with Crippen molar-refractivity contribution in [1.29, 1.82) is 0 Å². The van der Waals surface area contributed by atoms with Crippen LogP contribution in [0.5, 0.6) is 0 Å². The Morgan fingerprint density at radius 2 is 1.39 bits per heavy atom. The Morgan fingerprint density at radius 3 is 1.87 bits per heavy atom. The minimum absolute atomic E-state index is 0.0971. The molecule has 0 aromatic carbocycles. The SMILES string of the molecule is CC(N)C(=O)NC(CCCN=C(N)N)C(=O)NC(CCC(=O)O)C(=O)NC(C)C(=O)O. The summed E-state index contributed by atoms with van der Waals surface area (Å²) in [5, 5.41) is 24.8. The van der Waals surface area contributed by atoms with E-state index in [2.05, 4.69) is 20.9 Å². The van der Waals surface area contributed by atoms with E-state index >= 15 is 0 Å². The number of guanidine groups is 1. The van der Waals surface area contributed by atoms with Crippen LogP contribution in [0.4, 0.5) is 0 Å². The van der Waals surface area contributed by atoms with Gasteiger partial charge in [-0.3, -0.25) is 29.0 Å². The van der Waals surface area contributed by atoms with Gasteiger partial charge in [0.1, 0.15) is 18.1 Å². The first-order chi connectivity index (χ1) is 14.3. The Hall–Kier alpha value is -3.42. The van der Waals surface area contributed by atoms with Gasteiger partial charge in [-0.1, -0.05) is 0 Å². The van der Waals surface area contributed by atoms with E-state index in [4.69, 9.17) is 27.4 Å². The number of hydrogen-bond donors (Lipinski definition) is 8. The number of nitrogens with zero attached hydrogens (tertiary/aromatic N) is 1. The zero-order valence-corrected chi connectivity index (χ0v) is 17.5. The molecule has 14 nitrogen and oxygen atoms in total. The Kier molecular flexibility index (Phi) is 12.2. The van der Waals surface area contributed by atoms with Crippen molar-refractivity contribution in [3.05, 3.63) is 0 Å².